The minimum atomic E-state index is -3.85. The van der Waals surface area contributed by atoms with Crippen LogP contribution in [0.3, 0.4) is 0 Å². The minimum absolute atomic E-state index is 0.0495. The molecule has 0 aliphatic heterocycles. The van der Waals surface area contributed by atoms with Gasteiger partial charge in [0.2, 0.25) is 0 Å². The molecule has 100 valence electrons. The molecule has 0 aliphatic rings. The van der Waals surface area contributed by atoms with Crippen LogP contribution < -0.4 is 4.72 Å². The lowest BCUT2D eigenvalue weighted by molar-refractivity contribution is 0.0697. The molecule has 0 bridgehead atoms. The van der Waals surface area contributed by atoms with Gasteiger partial charge in [0.1, 0.15) is 8.81 Å². The number of hydrogen-bond acceptors (Lipinski definition) is 6. The molecule has 2 aromatic heterocycles. The molecule has 0 aliphatic carbocycles. The van der Waals surface area contributed by atoms with Crippen LogP contribution in [-0.2, 0) is 10.0 Å². The Kier molecular flexibility index (Phi) is 3.83. The minimum Gasteiger partial charge on any atom is -0.478 e. The van der Waals surface area contributed by atoms with Gasteiger partial charge in [0.15, 0.2) is 5.82 Å². The van der Waals surface area contributed by atoms with Crippen molar-refractivity contribution in [2.24, 2.45) is 0 Å². The van der Waals surface area contributed by atoms with E-state index >= 15 is 0 Å². The molecule has 2 N–H and O–H groups in total. The van der Waals surface area contributed by atoms with E-state index in [9.17, 15) is 13.2 Å². The lowest BCUT2D eigenvalue weighted by Gasteiger charge is -2.04. The molecule has 0 aromatic carbocycles. The Morgan fingerprint density at radius 1 is 1.37 bits per heavy atom. The predicted octanol–water partition coefficient (Wildman–Crippen LogP) is 1.80. The van der Waals surface area contributed by atoms with Gasteiger partial charge < -0.3 is 5.11 Å². The first kappa shape index (κ1) is 13.9. The summed E-state index contributed by atoms with van der Waals surface area (Å²) in [7, 11) is -3.85. The lowest BCUT2D eigenvalue weighted by atomic mass is 10.4. The summed E-state index contributed by atoms with van der Waals surface area (Å²) in [5, 5.41) is 10.0. The number of carboxylic acid groups (broad SMARTS) is 1. The van der Waals surface area contributed by atoms with Gasteiger partial charge in [-0.05, 0) is 22.0 Å². The van der Waals surface area contributed by atoms with Crippen molar-refractivity contribution in [3.63, 3.8) is 0 Å². The molecule has 10 heteroatoms. The van der Waals surface area contributed by atoms with Gasteiger partial charge in [0.25, 0.3) is 10.0 Å². The maximum Gasteiger partial charge on any atom is 0.336 e. The van der Waals surface area contributed by atoms with E-state index in [0.29, 0.717) is 4.60 Å². The third-order valence-corrected chi connectivity index (χ3v) is 5.15. The van der Waals surface area contributed by atoms with Crippen LogP contribution in [0.25, 0.3) is 0 Å². The number of thiophene rings is 1. The number of aromatic nitrogens is 2. The number of aromatic carboxylic acids is 1. The molecule has 0 spiro atoms. The van der Waals surface area contributed by atoms with Crippen molar-refractivity contribution in [2.75, 3.05) is 4.72 Å². The molecule has 2 rings (SSSR count). The summed E-state index contributed by atoms with van der Waals surface area (Å²) in [6.07, 6.45) is 2.59. The van der Waals surface area contributed by atoms with E-state index in [1.807, 2.05) is 0 Å². The second-order valence-electron chi connectivity index (χ2n) is 3.29. The number of carbonyl (C=O) groups is 1. The van der Waals surface area contributed by atoms with Gasteiger partial charge >= 0.3 is 5.97 Å². The van der Waals surface area contributed by atoms with Gasteiger partial charge in [-0.1, -0.05) is 0 Å². The Bertz CT molecular complexity index is 711. The van der Waals surface area contributed by atoms with Gasteiger partial charge in [0.05, 0.1) is 18.0 Å². The molecule has 0 amide bonds. The summed E-state index contributed by atoms with van der Waals surface area (Å²) in [6.45, 7) is 0. The van der Waals surface area contributed by atoms with Crippen LogP contribution in [0.2, 0.25) is 0 Å². The average Bonchev–Trinajstić information content (AvgIpc) is 2.82. The SMILES string of the molecule is O=C(O)c1csc(S(=O)(=O)Nc2cnc(Br)cn2)c1. The largest absolute Gasteiger partial charge is 0.478 e. The zero-order valence-corrected chi connectivity index (χ0v) is 12.3. The fourth-order valence-corrected chi connectivity index (χ4v) is 3.47. The number of sulfonamides is 1. The number of anilines is 1. The van der Waals surface area contributed by atoms with Crippen molar-refractivity contribution < 1.29 is 18.3 Å². The fourth-order valence-electron chi connectivity index (χ4n) is 1.12. The van der Waals surface area contributed by atoms with Gasteiger partial charge in [-0.3, -0.25) is 4.72 Å². The summed E-state index contributed by atoms with van der Waals surface area (Å²) < 4.78 is 26.5. The summed E-state index contributed by atoms with van der Waals surface area (Å²) in [4.78, 5) is 18.3. The van der Waals surface area contributed by atoms with Crippen molar-refractivity contribution in [2.45, 2.75) is 4.21 Å². The second-order valence-corrected chi connectivity index (χ2v) is 6.92. The summed E-state index contributed by atoms with van der Waals surface area (Å²) >= 11 is 3.89. The standard InChI is InChI=1S/C9H6BrN3O4S2/c10-6-2-12-7(3-11-6)13-19(16,17)8-1-5(4-18-8)9(14)15/h1-4H,(H,12,13)(H,14,15). The zero-order chi connectivity index (χ0) is 14.0. The molecular weight excluding hydrogens is 358 g/mol. The Labute approximate surface area is 120 Å². The van der Waals surface area contributed by atoms with Gasteiger partial charge in [-0.2, -0.15) is 0 Å². The van der Waals surface area contributed by atoms with Gasteiger partial charge in [-0.15, -0.1) is 11.3 Å². The highest BCUT2D eigenvalue weighted by Gasteiger charge is 2.19. The number of rotatable bonds is 4. The smallest absolute Gasteiger partial charge is 0.336 e. The van der Waals surface area contributed by atoms with E-state index in [4.69, 9.17) is 5.11 Å². The molecule has 0 radical (unpaired) electrons. The number of carboxylic acids is 1. The predicted molar refractivity (Wildman–Crippen MR) is 71.8 cm³/mol. The van der Waals surface area contributed by atoms with Crippen molar-refractivity contribution in [3.8, 4) is 0 Å². The third-order valence-electron chi connectivity index (χ3n) is 1.95. The van der Waals surface area contributed by atoms with Crippen LogP contribution in [0, 0.1) is 0 Å². The highest BCUT2D eigenvalue weighted by molar-refractivity contribution is 9.10. The molecular formula is C9H6BrN3O4S2. The van der Waals surface area contributed by atoms with Gasteiger partial charge in [0, 0.05) is 5.38 Å². The first-order valence-corrected chi connectivity index (χ1v) is 7.86. The molecule has 7 nitrogen and oxygen atoms in total. The molecule has 0 saturated heterocycles. The highest BCUT2D eigenvalue weighted by Crippen LogP contribution is 2.22. The molecule has 0 fully saturated rings. The van der Waals surface area contributed by atoms with E-state index in [-0.39, 0.29) is 15.6 Å². The van der Waals surface area contributed by atoms with E-state index in [1.165, 1.54) is 17.8 Å². The highest BCUT2D eigenvalue weighted by atomic mass is 79.9. The first-order chi connectivity index (χ1) is 8.88. The third kappa shape index (κ3) is 3.28. The number of halogens is 1. The molecule has 19 heavy (non-hydrogen) atoms. The van der Waals surface area contributed by atoms with Gasteiger partial charge in [-0.25, -0.2) is 23.2 Å². The van der Waals surface area contributed by atoms with Crippen molar-refractivity contribution in [3.05, 3.63) is 34.0 Å². The summed E-state index contributed by atoms with van der Waals surface area (Å²) in [5.41, 5.74) is -0.0766. The van der Waals surface area contributed by atoms with Crippen LogP contribution >= 0.6 is 27.3 Å². The van der Waals surface area contributed by atoms with E-state index in [0.717, 1.165) is 17.4 Å². The topological polar surface area (TPSA) is 109 Å². The Morgan fingerprint density at radius 2 is 2.11 bits per heavy atom. The normalized spacial score (nSPS) is 11.2. The number of nitrogens with zero attached hydrogens (tertiary/aromatic N) is 2. The summed E-state index contributed by atoms with van der Waals surface area (Å²) in [6, 6.07) is 1.08. The molecule has 0 saturated carbocycles. The quantitative estimate of drug-likeness (QED) is 0.856. The Hall–Kier alpha value is -1.52. The van der Waals surface area contributed by atoms with Crippen LogP contribution in [-0.4, -0.2) is 29.5 Å². The van der Waals surface area contributed by atoms with E-state index in [1.54, 1.807) is 0 Å². The van der Waals surface area contributed by atoms with Crippen LogP contribution in [0.15, 0.2) is 32.7 Å². The Morgan fingerprint density at radius 3 is 2.63 bits per heavy atom. The zero-order valence-electron chi connectivity index (χ0n) is 9.07. The first-order valence-electron chi connectivity index (χ1n) is 4.71. The maximum absolute atomic E-state index is 11.9. The maximum atomic E-state index is 11.9. The van der Waals surface area contributed by atoms with Crippen molar-refractivity contribution in [1.29, 1.82) is 0 Å². The van der Waals surface area contributed by atoms with Crippen molar-refractivity contribution >= 4 is 49.1 Å². The second kappa shape index (κ2) is 5.23. The number of nitrogens with one attached hydrogen (secondary N) is 1. The lowest BCUT2D eigenvalue weighted by Crippen LogP contribution is -2.12. The van der Waals surface area contributed by atoms with E-state index in [2.05, 4.69) is 30.6 Å². The molecule has 0 unspecified atom stereocenters. The monoisotopic (exact) mass is 363 g/mol. The average molecular weight is 364 g/mol. The number of hydrogen-bond donors (Lipinski definition) is 2. The van der Waals surface area contributed by atoms with Crippen LogP contribution in [0.4, 0.5) is 5.82 Å². The molecule has 0 atom stereocenters. The van der Waals surface area contributed by atoms with Crippen LogP contribution in [0.5, 0.6) is 0 Å². The molecule has 2 heterocycles. The molecule has 2 aromatic rings. The van der Waals surface area contributed by atoms with Crippen molar-refractivity contribution in [1.82, 2.24) is 9.97 Å². The van der Waals surface area contributed by atoms with Crippen LogP contribution in [0.1, 0.15) is 10.4 Å². The fraction of sp³-hybridized carbons (Fsp3) is 0. The summed E-state index contributed by atoms with van der Waals surface area (Å²) in [5.74, 6) is -1.13. The van der Waals surface area contributed by atoms with E-state index < -0.39 is 16.0 Å². The Balaban J connectivity index is 2.26.